The Hall–Kier alpha value is -0.180. The minimum absolute atomic E-state index is 0.00322. The van der Waals surface area contributed by atoms with Crippen molar-refractivity contribution in [3.63, 3.8) is 0 Å². The molecule has 0 spiro atoms. The molecule has 0 aliphatic carbocycles. The van der Waals surface area contributed by atoms with Crippen LogP contribution in [0.1, 0.15) is 20.3 Å². The van der Waals surface area contributed by atoms with E-state index < -0.39 is 0 Å². The molecule has 0 aromatic rings. The number of hydrogen-bond acceptors (Lipinski definition) is 3. The summed E-state index contributed by atoms with van der Waals surface area (Å²) in [6, 6.07) is -0.187. The minimum Gasteiger partial charge on any atom is -0.358 e. The van der Waals surface area contributed by atoms with Gasteiger partial charge in [0.05, 0.1) is 6.04 Å². The number of carbonyl (C=O) groups excluding carboxylic acids is 1. The summed E-state index contributed by atoms with van der Waals surface area (Å²) in [5.41, 5.74) is 5.57. The second kappa shape index (κ2) is 5.53. The van der Waals surface area contributed by atoms with Gasteiger partial charge in [-0.05, 0) is 18.4 Å². The summed E-state index contributed by atoms with van der Waals surface area (Å²) in [5, 5.41) is 5.50. The maximum atomic E-state index is 11.3. The van der Waals surface area contributed by atoms with Crippen LogP contribution in [0, 0.1) is 5.41 Å². The lowest BCUT2D eigenvalue weighted by molar-refractivity contribution is -0.122. The van der Waals surface area contributed by atoms with Crippen molar-refractivity contribution in [3.05, 3.63) is 0 Å². The Balaban J connectivity index is 4.20. The average Bonchev–Trinajstić information content (AvgIpc) is 2.13. The van der Waals surface area contributed by atoms with E-state index in [1.807, 2.05) is 13.8 Å². The maximum absolute atomic E-state index is 11.3. The summed E-state index contributed by atoms with van der Waals surface area (Å²) in [7, 11) is 4.00. The second-order valence-electron chi connectivity index (χ2n) is 3.91. The zero-order valence-electron chi connectivity index (χ0n) is 8.55. The molecule has 1 amide bonds. The van der Waals surface area contributed by atoms with Gasteiger partial charge in [0.15, 0.2) is 0 Å². The number of nitrogens with one attached hydrogen (secondary N) is 2. The fourth-order valence-corrected chi connectivity index (χ4v) is 1.31. The van der Waals surface area contributed by atoms with E-state index in [2.05, 4.69) is 19.8 Å². The molecule has 2 unspecified atom stereocenters. The van der Waals surface area contributed by atoms with Gasteiger partial charge in [0.2, 0.25) is 5.91 Å². The van der Waals surface area contributed by atoms with Gasteiger partial charge in [-0.2, -0.15) is 0 Å². The molecule has 0 aliphatic heterocycles. The molecule has 0 rings (SSSR count). The number of likely N-dealkylation sites (N-methyl/N-ethyl adjacent to an activating group) is 1. The molecular formula is C8H20N3OP. The standard InChI is InChI=1S/C8H20N3OP/c1-8(2,5-9)4-6(11-13)7(12)10-3/h6,11H,4-5,9,13H2,1-3H3,(H,10,12). The maximum Gasteiger partial charge on any atom is 0.237 e. The summed E-state index contributed by atoms with van der Waals surface area (Å²) in [6.07, 6.45) is 0.729. The van der Waals surface area contributed by atoms with Gasteiger partial charge >= 0.3 is 0 Å². The highest BCUT2D eigenvalue weighted by molar-refractivity contribution is 7.13. The molecule has 0 bridgehead atoms. The lowest BCUT2D eigenvalue weighted by Gasteiger charge is -2.27. The van der Waals surface area contributed by atoms with Crippen LogP contribution in [0.5, 0.6) is 0 Å². The molecule has 4 N–H and O–H groups in total. The summed E-state index contributed by atoms with van der Waals surface area (Å²) >= 11 is 0. The van der Waals surface area contributed by atoms with E-state index in [-0.39, 0.29) is 17.4 Å². The molecule has 0 aliphatic rings. The van der Waals surface area contributed by atoms with Gasteiger partial charge in [0.25, 0.3) is 0 Å². The van der Waals surface area contributed by atoms with Gasteiger partial charge < -0.3 is 11.1 Å². The van der Waals surface area contributed by atoms with Gasteiger partial charge in [0.1, 0.15) is 0 Å². The van der Waals surface area contributed by atoms with Crippen LogP contribution >= 0.6 is 9.39 Å². The fourth-order valence-electron chi connectivity index (χ4n) is 1.04. The molecule has 0 saturated carbocycles. The Kier molecular flexibility index (Phi) is 5.45. The molecule has 0 saturated heterocycles. The predicted octanol–water partition coefficient (Wildman–Crippen LogP) is -0.144. The van der Waals surface area contributed by atoms with Crippen molar-refractivity contribution >= 4 is 15.3 Å². The smallest absolute Gasteiger partial charge is 0.237 e. The van der Waals surface area contributed by atoms with Crippen LogP contribution in [0.4, 0.5) is 0 Å². The normalized spacial score (nSPS) is 13.9. The lowest BCUT2D eigenvalue weighted by atomic mass is 9.86. The van der Waals surface area contributed by atoms with Crippen molar-refractivity contribution in [2.24, 2.45) is 11.1 Å². The van der Waals surface area contributed by atoms with Gasteiger partial charge in [0, 0.05) is 7.05 Å². The third kappa shape index (κ3) is 4.55. The Morgan fingerprint density at radius 1 is 1.62 bits per heavy atom. The zero-order valence-corrected chi connectivity index (χ0v) is 9.71. The highest BCUT2D eigenvalue weighted by atomic mass is 31.0. The van der Waals surface area contributed by atoms with Crippen molar-refractivity contribution in [1.29, 1.82) is 0 Å². The third-order valence-electron chi connectivity index (χ3n) is 2.07. The summed E-state index contributed by atoms with van der Waals surface area (Å²) in [4.78, 5) is 11.3. The van der Waals surface area contributed by atoms with E-state index in [0.717, 1.165) is 6.42 Å². The molecule has 0 heterocycles. The number of rotatable bonds is 5. The second-order valence-corrected chi connectivity index (χ2v) is 4.24. The molecule has 78 valence electrons. The lowest BCUT2D eigenvalue weighted by Crippen LogP contribution is -2.43. The molecule has 4 nitrogen and oxygen atoms in total. The molecule has 0 aromatic carbocycles. The Bertz CT molecular complexity index is 173. The predicted molar refractivity (Wildman–Crippen MR) is 58.2 cm³/mol. The van der Waals surface area contributed by atoms with Gasteiger partial charge in [-0.25, -0.2) is 0 Å². The molecule has 0 fully saturated rings. The van der Waals surface area contributed by atoms with E-state index >= 15 is 0 Å². The average molecular weight is 205 g/mol. The van der Waals surface area contributed by atoms with Crippen molar-refractivity contribution in [2.75, 3.05) is 13.6 Å². The van der Waals surface area contributed by atoms with Crippen LogP contribution in [0.3, 0.4) is 0 Å². The van der Waals surface area contributed by atoms with Crippen molar-refractivity contribution in [2.45, 2.75) is 26.3 Å². The molecule has 0 radical (unpaired) electrons. The van der Waals surface area contributed by atoms with Crippen molar-refractivity contribution in [1.82, 2.24) is 10.4 Å². The molecule has 0 aromatic heterocycles. The first-order valence-electron chi connectivity index (χ1n) is 4.34. The Labute approximate surface area is 82.3 Å². The zero-order chi connectivity index (χ0) is 10.5. The van der Waals surface area contributed by atoms with Crippen molar-refractivity contribution in [3.8, 4) is 0 Å². The first-order chi connectivity index (χ1) is 5.96. The number of carbonyl (C=O) groups is 1. The van der Waals surface area contributed by atoms with Gasteiger partial charge in [-0.1, -0.05) is 23.2 Å². The molecular weight excluding hydrogens is 185 g/mol. The first-order valence-corrected chi connectivity index (χ1v) is 4.92. The monoisotopic (exact) mass is 205 g/mol. The van der Waals surface area contributed by atoms with E-state index in [0.29, 0.717) is 6.54 Å². The SMILES string of the molecule is CNC(=O)C(CC(C)(C)CN)NP. The van der Waals surface area contributed by atoms with Gasteiger partial charge in [-0.15, -0.1) is 0 Å². The van der Waals surface area contributed by atoms with E-state index in [9.17, 15) is 4.79 Å². The van der Waals surface area contributed by atoms with E-state index in [4.69, 9.17) is 5.73 Å². The van der Waals surface area contributed by atoms with E-state index in [1.165, 1.54) is 0 Å². The highest BCUT2D eigenvalue weighted by Gasteiger charge is 2.25. The van der Waals surface area contributed by atoms with Crippen LogP contribution < -0.4 is 16.1 Å². The molecule has 5 heteroatoms. The van der Waals surface area contributed by atoms with Crippen LogP contribution in [0.25, 0.3) is 0 Å². The van der Waals surface area contributed by atoms with Crippen LogP contribution in [0.2, 0.25) is 0 Å². The van der Waals surface area contributed by atoms with Crippen LogP contribution in [0.15, 0.2) is 0 Å². The topological polar surface area (TPSA) is 67.2 Å². The number of hydrogen-bond donors (Lipinski definition) is 3. The number of amides is 1. The Morgan fingerprint density at radius 2 is 2.15 bits per heavy atom. The van der Waals surface area contributed by atoms with Crippen molar-refractivity contribution < 1.29 is 4.79 Å². The fraction of sp³-hybridized carbons (Fsp3) is 0.875. The molecule has 2 atom stereocenters. The summed E-state index contributed by atoms with van der Waals surface area (Å²) in [5.74, 6) is -0.00322. The summed E-state index contributed by atoms with van der Waals surface area (Å²) in [6.45, 7) is 4.67. The largest absolute Gasteiger partial charge is 0.358 e. The Morgan fingerprint density at radius 3 is 2.46 bits per heavy atom. The quantitative estimate of drug-likeness (QED) is 0.547. The van der Waals surface area contributed by atoms with Gasteiger partial charge in [-0.3, -0.25) is 9.88 Å². The third-order valence-corrected chi connectivity index (χ3v) is 2.48. The minimum atomic E-state index is -0.187. The summed E-state index contributed by atoms with van der Waals surface area (Å²) < 4.78 is 0. The number of nitrogens with two attached hydrogens (primary N) is 1. The first kappa shape index (κ1) is 12.8. The highest BCUT2D eigenvalue weighted by Crippen LogP contribution is 2.20. The van der Waals surface area contributed by atoms with E-state index in [1.54, 1.807) is 7.05 Å². The van der Waals surface area contributed by atoms with Crippen LogP contribution in [-0.2, 0) is 4.79 Å². The van der Waals surface area contributed by atoms with Crippen LogP contribution in [-0.4, -0.2) is 25.5 Å². The molecule has 13 heavy (non-hydrogen) atoms.